The zero-order valence-electron chi connectivity index (χ0n) is 20.1. The third-order valence-electron chi connectivity index (χ3n) is 5.91. The lowest BCUT2D eigenvalue weighted by Gasteiger charge is -2.26. The molecule has 3 aromatic rings. The van der Waals surface area contributed by atoms with Crippen molar-refractivity contribution in [2.24, 2.45) is 0 Å². The van der Waals surface area contributed by atoms with Gasteiger partial charge in [-0.25, -0.2) is 4.39 Å². The minimum atomic E-state index is -0.932. The van der Waals surface area contributed by atoms with E-state index in [-0.39, 0.29) is 16.7 Å². The Kier molecular flexibility index (Phi) is 6.43. The van der Waals surface area contributed by atoms with Gasteiger partial charge in [0.1, 0.15) is 17.3 Å². The van der Waals surface area contributed by atoms with E-state index in [0.717, 1.165) is 5.56 Å². The largest absolute Gasteiger partial charge is 0.507 e. The first-order valence-corrected chi connectivity index (χ1v) is 11.4. The highest BCUT2D eigenvalue weighted by molar-refractivity contribution is 6.51. The lowest BCUT2D eigenvalue weighted by Crippen LogP contribution is -2.29. The van der Waals surface area contributed by atoms with Crippen molar-refractivity contribution < 1.29 is 23.8 Å². The van der Waals surface area contributed by atoms with Crippen molar-refractivity contribution in [3.63, 3.8) is 0 Å². The van der Waals surface area contributed by atoms with E-state index in [9.17, 15) is 19.1 Å². The van der Waals surface area contributed by atoms with Crippen molar-refractivity contribution in [1.82, 2.24) is 4.98 Å². The number of hydrogen-bond acceptors (Lipinski definition) is 5. The van der Waals surface area contributed by atoms with Gasteiger partial charge < -0.3 is 9.84 Å². The number of aliphatic hydroxyl groups is 1. The number of pyridine rings is 1. The molecule has 0 spiro atoms. The Morgan fingerprint density at radius 2 is 1.83 bits per heavy atom. The lowest BCUT2D eigenvalue weighted by atomic mass is 9.84. The standard InChI is InChI=1S/C28H27FN2O4/c1-5-35-22-13-8-17(15-21(22)28(2,3)4)25(32)23-24(18-7-6-14-30-16-18)31(27(34)26(23)33)20-11-9-19(29)10-12-20/h6-16,24,32H,5H2,1-4H3/b25-23-. The number of anilines is 1. The van der Waals surface area contributed by atoms with Crippen LogP contribution in [0.2, 0.25) is 0 Å². The number of amides is 1. The highest BCUT2D eigenvalue weighted by Crippen LogP contribution is 2.43. The van der Waals surface area contributed by atoms with E-state index < -0.39 is 23.5 Å². The fraction of sp³-hybridized carbons (Fsp3) is 0.250. The van der Waals surface area contributed by atoms with Gasteiger partial charge in [0.25, 0.3) is 11.7 Å². The minimum absolute atomic E-state index is 0.0589. The van der Waals surface area contributed by atoms with Crippen LogP contribution >= 0.6 is 0 Å². The van der Waals surface area contributed by atoms with Crippen LogP contribution in [0.5, 0.6) is 5.75 Å². The summed E-state index contributed by atoms with van der Waals surface area (Å²) in [6, 6.07) is 13.0. The van der Waals surface area contributed by atoms with Crippen molar-refractivity contribution in [2.45, 2.75) is 39.2 Å². The maximum Gasteiger partial charge on any atom is 0.300 e. The smallest absolute Gasteiger partial charge is 0.300 e. The number of hydrogen-bond donors (Lipinski definition) is 1. The fourth-order valence-corrected chi connectivity index (χ4v) is 4.25. The van der Waals surface area contributed by atoms with Gasteiger partial charge in [0.05, 0.1) is 18.2 Å². The molecule has 35 heavy (non-hydrogen) atoms. The van der Waals surface area contributed by atoms with Crippen LogP contribution in [-0.2, 0) is 15.0 Å². The molecule has 1 saturated heterocycles. The molecule has 0 radical (unpaired) electrons. The molecule has 1 N–H and O–H groups in total. The molecule has 0 bridgehead atoms. The zero-order chi connectivity index (χ0) is 25.3. The maximum absolute atomic E-state index is 13.6. The molecule has 2 aromatic carbocycles. The summed E-state index contributed by atoms with van der Waals surface area (Å²) < 4.78 is 19.3. The fourth-order valence-electron chi connectivity index (χ4n) is 4.25. The summed E-state index contributed by atoms with van der Waals surface area (Å²) in [6.07, 6.45) is 3.12. The van der Waals surface area contributed by atoms with Crippen molar-refractivity contribution in [3.05, 3.63) is 95.1 Å². The molecule has 1 aliphatic rings. The van der Waals surface area contributed by atoms with Crippen molar-refractivity contribution in [1.29, 1.82) is 0 Å². The van der Waals surface area contributed by atoms with E-state index in [1.807, 2.05) is 27.7 Å². The van der Waals surface area contributed by atoms with Gasteiger partial charge in [0, 0.05) is 29.2 Å². The monoisotopic (exact) mass is 474 g/mol. The predicted octanol–water partition coefficient (Wildman–Crippen LogP) is 5.54. The average Bonchev–Trinajstić information content (AvgIpc) is 3.10. The first-order valence-electron chi connectivity index (χ1n) is 11.4. The van der Waals surface area contributed by atoms with Crippen molar-refractivity contribution in [2.75, 3.05) is 11.5 Å². The summed E-state index contributed by atoms with van der Waals surface area (Å²) in [6.45, 7) is 8.46. The Hall–Kier alpha value is -4.00. The van der Waals surface area contributed by atoms with Gasteiger partial charge >= 0.3 is 0 Å². The summed E-state index contributed by atoms with van der Waals surface area (Å²) in [5.41, 5.74) is 1.77. The Morgan fingerprint density at radius 3 is 2.43 bits per heavy atom. The molecule has 1 fully saturated rings. The lowest BCUT2D eigenvalue weighted by molar-refractivity contribution is -0.132. The predicted molar refractivity (Wildman–Crippen MR) is 132 cm³/mol. The highest BCUT2D eigenvalue weighted by Gasteiger charge is 2.47. The van der Waals surface area contributed by atoms with Crippen LogP contribution in [0.4, 0.5) is 10.1 Å². The Morgan fingerprint density at radius 1 is 1.11 bits per heavy atom. The van der Waals surface area contributed by atoms with E-state index in [1.54, 1.807) is 42.7 Å². The Bertz CT molecular complexity index is 1290. The second-order valence-corrected chi connectivity index (χ2v) is 9.33. The molecular formula is C28H27FN2O4. The first-order chi connectivity index (χ1) is 16.6. The molecule has 6 nitrogen and oxygen atoms in total. The van der Waals surface area contributed by atoms with Crippen LogP contribution in [0.3, 0.4) is 0 Å². The number of carbonyl (C=O) groups excluding carboxylic acids is 2. The molecular weight excluding hydrogens is 447 g/mol. The van der Waals surface area contributed by atoms with Gasteiger partial charge in [0.2, 0.25) is 0 Å². The van der Waals surface area contributed by atoms with Crippen LogP contribution in [0, 0.1) is 5.82 Å². The van der Waals surface area contributed by atoms with Crippen LogP contribution in [-0.4, -0.2) is 28.4 Å². The van der Waals surface area contributed by atoms with E-state index in [0.29, 0.717) is 29.2 Å². The number of aliphatic hydroxyl groups excluding tert-OH is 1. The van der Waals surface area contributed by atoms with Gasteiger partial charge in [-0.1, -0.05) is 26.8 Å². The third-order valence-corrected chi connectivity index (χ3v) is 5.91. The summed E-state index contributed by atoms with van der Waals surface area (Å²) >= 11 is 0. The normalized spacial score (nSPS) is 17.6. The molecule has 1 amide bonds. The Labute approximate surface area is 203 Å². The van der Waals surface area contributed by atoms with Gasteiger partial charge in [0.15, 0.2) is 0 Å². The Balaban J connectivity index is 1.93. The van der Waals surface area contributed by atoms with Crippen molar-refractivity contribution in [3.8, 4) is 5.75 Å². The molecule has 7 heteroatoms. The average molecular weight is 475 g/mol. The molecule has 0 aliphatic carbocycles. The molecule has 1 aromatic heterocycles. The van der Waals surface area contributed by atoms with Gasteiger partial charge in [-0.3, -0.25) is 19.5 Å². The summed E-state index contributed by atoms with van der Waals surface area (Å²) in [5, 5.41) is 11.4. The summed E-state index contributed by atoms with van der Waals surface area (Å²) in [5.74, 6) is -1.71. The van der Waals surface area contributed by atoms with Crippen molar-refractivity contribution >= 4 is 23.1 Å². The van der Waals surface area contributed by atoms with E-state index in [1.165, 1.54) is 29.2 Å². The molecule has 2 heterocycles. The second-order valence-electron chi connectivity index (χ2n) is 9.33. The zero-order valence-corrected chi connectivity index (χ0v) is 20.1. The number of ether oxygens (including phenoxy) is 1. The van der Waals surface area contributed by atoms with Crippen LogP contribution in [0.1, 0.15) is 50.4 Å². The number of aromatic nitrogens is 1. The summed E-state index contributed by atoms with van der Waals surface area (Å²) in [4.78, 5) is 31.9. The summed E-state index contributed by atoms with van der Waals surface area (Å²) in [7, 11) is 0. The number of Topliss-reactive ketones (excluding diaryl/α,β-unsaturated/α-hetero) is 1. The molecule has 1 aliphatic heterocycles. The van der Waals surface area contributed by atoms with Gasteiger partial charge in [-0.05, 0) is 66.4 Å². The molecule has 4 rings (SSSR count). The maximum atomic E-state index is 13.6. The topological polar surface area (TPSA) is 79.7 Å². The van der Waals surface area contributed by atoms with E-state index in [4.69, 9.17) is 4.74 Å². The molecule has 1 atom stereocenters. The first kappa shape index (κ1) is 24.1. The number of ketones is 1. The number of benzene rings is 2. The SMILES string of the molecule is CCOc1ccc(/C(O)=C2/C(=O)C(=O)N(c3ccc(F)cc3)C2c2cccnc2)cc1C(C)(C)C. The number of nitrogens with zero attached hydrogens (tertiary/aromatic N) is 2. The third kappa shape index (κ3) is 4.54. The number of carbonyl (C=O) groups is 2. The minimum Gasteiger partial charge on any atom is -0.507 e. The number of halogens is 1. The molecule has 180 valence electrons. The molecule has 0 saturated carbocycles. The quantitative estimate of drug-likeness (QED) is 0.298. The number of rotatable bonds is 5. The van der Waals surface area contributed by atoms with Gasteiger partial charge in [-0.2, -0.15) is 0 Å². The van der Waals surface area contributed by atoms with Gasteiger partial charge in [-0.15, -0.1) is 0 Å². The molecule has 1 unspecified atom stereocenters. The van der Waals surface area contributed by atoms with Crippen LogP contribution < -0.4 is 9.64 Å². The van der Waals surface area contributed by atoms with E-state index >= 15 is 0 Å². The highest BCUT2D eigenvalue weighted by atomic mass is 19.1. The second kappa shape index (κ2) is 9.33. The van der Waals surface area contributed by atoms with Crippen LogP contribution in [0.15, 0.2) is 72.6 Å². The van der Waals surface area contributed by atoms with E-state index in [2.05, 4.69) is 4.98 Å². The van der Waals surface area contributed by atoms with Crippen LogP contribution in [0.25, 0.3) is 5.76 Å².